The lowest BCUT2D eigenvalue weighted by Crippen LogP contribution is -1.90. The van der Waals surface area contributed by atoms with Gasteiger partial charge in [0.1, 0.15) is 5.75 Å². The normalized spacial score (nSPS) is 12.7. The van der Waals surface area contributed by atoms with Gasteiger partial charge in [0, 0.05) is 0 Å². The number of ether oxygens (including phenoxy) is 1. The number of benzene rings is 1. The first-order valence-corrected chi connectivity index (χ1v) is 4.37. The zero-order valence-electron chi connectivity index (χ0n) is 7.60. The molecule has 2 heteroatoms. The predicted molar refractivity (Wildman–Crippen MR) is 52.0 cm³/mol. The number of methoxy groups -OCH3 is 1. The number of hydrogen-bond donors (Lipinski definition) is 0. The van der Waals surface area contributed by atoms with Gasteiger partial charge in [-0.1, -0.05) is 12.1 Å². The van der Waals surface area contributed by atoms with E-state index in [2.05, 4.69) is 0 Å². The highest BCUT2D eigenvalue weighted by Gasteiger charge is 2.04. The largest absolute Gasteiger partial charge is 0.496 e. The number of aryl methyl sites for hydroxylation is 1. The maximum atomic E-state index is 5.93. The summed E-state index contributed by atoms with van der Waals surface area (Å²) < 4.78 is 5.18. The van der Waals surface area contributed by atoms with E-state index in [9.17, 15) is 0 Å². The Balaban J connectivity index is 3.05. The van der Waals surface area contributed by atoms with Crippen molar-refractivity contribution in [1.82, 2.24) is 0 Å². The average molecular weight is 185 g/mol. The van der Waals surface area contributed by atoms with E-state index in [1.165, 1.54) is 0 Å². The van der Waals surface area contributed by atoms with Gasteiger partial charge in [-0.25, -0.2) is 0 Å². The quantitative estimate of drug-likeness (QED) is 0.641. The van der Waals surface area contributed by atoms with E-state index in [0.717, 1.165) is 16.9 Å². The van der Waals surface area contributed by atoms with Gasteiger partial charge >= 0.3 is 0 Å². The van der Waals surface area contributed by atoms with Gasteiger partial charge in [-0.05, 0) is 31.0 Å². The van der Waals surface area contributed by atoms with Crippen LogP contribution in [-0.4, -0.2) is 7.11 Å². The van der Waals surface area contributed by atoms with E-state index in [0.29, 0.717) is 0 Å². The van der Waals surface area contributed by atoms with Crippen molar-refractivity contribution in [2.45, 2.75) is 19.2 Å². The van der Waals surface area contributed by atoms with Crippen LogP contribution in [0.5, 0.6) is 5.75 Å². The Morgan fingerprint density at radius 1 is 1.42 bits per heavy atom. The van der Waals surface area contributed by atoms with E-state index in [1.807, 2.05) is 32.0 Å². The molecule has 0 aliphatic heterocycles. The molecule has 0 fully saturated rings. The second kappa shape index (κ2) is 3.81. The Morgan fingerprint density at radius 2 is 2.08 bits per heavy atom. The molecule has 1 nitrogen and oxygen atoms in total. The molecule has 1 atom stereocenters. The molecule has 0 spiro atoms. The molecule has 1 aromatic rings. The molecule has 0 aliphatic carbocycles. The van der Waals surface area contributed by atoms with Crippen LogP contribution in [0.3, 0.4) is 0 Å². The molecule has 0 amide bonds. The monoisotopic (exact) mass is 184 g/mol. The van der Waals surface area contributed by atoms with Crippen LogP contribution in [0.2, 0.25) is 0 Å². The third-order valence-electron chi connectivity index (χ3n) is 1.89. The van der Waals surface area contributed by atoms with Gasteiger partial charge in [0.05, 0.1) is 12.5 Å². The van der Waals surface area contributed by atoms with E-state index in [1.54, 1.807) is 7.11 Å². The highest BCUT2D eigenvalue weighted by atomic mass is 35.5. The van der Waals surface area contributed by atoms with E-state index < -0.39 is 0 Å². The second-order valence-electron chi connectivity index (χ2n) is 2.85. The van der Waals surface area contributed by atoms with Gasteiger partial charge < -0.3 is 4.74 Å². The molecule has 1 rings (SSSR count). The molecule has 0 aromatic heterocycles. The third kappa shape index (κ3) is 1.92. The molecular formula is C10H13ClO. The van der Waals surface area contributed by atoms with Crippen LogP contribution in [-0.2, 0) is 0 Å². The molecule has 0 bridgehead atoms. The summed E-state index contributed by atoms with van der Waals surface area (Å²) in [6.45, 7) is 3.97. The van der Waals surface area contributed by atoms with Crippen molar-refractivity contribution in [3.05, 3.63) is 29.3 Å². The van der Waals surface area contributed by atoms with Crippen molar-refractivity contribution in [3.63, 3.8) is 0 Å². The van der Waals surface area contributed by atoms with E-state index in [4.69, 9.17) is 16.3 Å². The maximum Gasteiger partial charge on any atom is 0.122 e. The fraction of sp³-hybridized carbons (Fsp3) is 0.400. The molecule has 0 saturated heterocycles. The minimum absolute atomic E-state index is 0.0412. The lowest BCUT2D eigenvalue weighted by molar-refractivity contribution is 0.411. The Kier molecular flexibility index (Phi) is 2.99. The fourth-order valence-electron chi connectivity index (χ4n) is 1.08. The van der Waals surface area contributed by atoms with Crippen LogP contribution in [0, 0.1) is 6.92 Å². The highest BCUT2D eigenvalue weighted by molar-refractivity contribution is 6.20. The zero-order valence-corrected chi connectivity index (χ0v) is 8.35. The van der Waals surface area contributed by atoms with Gasteiger partial charge in [-0.2, -0.15) is 0 Å². The number of alkyl halides is 1. The topological polar surface area (TPSA) is 9.23 Å². The lowest BCUT2D eigenvalue weighted by Gasteiger charge is -2.08. The molecule has 0 radical (unpaired) electrons. The van der Waals surface area contributed by atoms with E-state index >= 15 is 0 Å². The third-order valence-corrected chi connectivity index (χ3v) is 2.14. The van der Waals surface area contributed by atoms with Crippen LogP contribution in [0.15, 0.2) is 18.2 Å². The van der Waals surface area contributed by atoms with Crippen LogP contribution in [0.25, 0.3) is 0 Å². The molecule has 12 heavy (non-hydrogen) atoms. The number of hydrogen-bond acceptors (Lipinski definition) is 1. The van der Waals surface area contributed by atoms with Crippen LogP contribution in [0.1, 0.15) is 23.4 Å². The molecular weight excluding hydrogens is 172 g/mol. The van der Waals surface area contributed by atoms with Gasteiger partial charge in [0.2, 0.25) is 0 Å². The first kappa shape index (κ1) is 9.40. The van der Waals surface area contributed by atoms with Crippen molar-refractivity contribution in [2.75, 3.05) is 7.11 Å². The van der Waals surface area contributed by atoms with Gasteiger partial charge in [0.25, 0.3) is 0 Å². The first-order chi connectivity index (χ1) is 5.65. The van der Waals surface area contributed by atoms with Gasteiger partial charge in [-0.3, -0.25) is 0 Å². The summed E-state index contributed by atoms with van der Waals surface area (Å²) in [7, 11) is 1.67. The van der Waals surface area contributed by atoms with Crippen molar-refractivity contribution in [1.29, 1.82) is 0 Å². The molecule has 0 N–H and O–H groups in total. The zero-order chi connectivity index (χ0) is 9.14. The Bertz CT molecular complexity index is 269. The van der Waals surface area contributed by atoms with Crippen molar-refractivity contribution in [2.24, 2.45) is 0 Å². The minimum Gasteiger partial charge on any atom is -0.496 e. The summed E-state index contributed by atoms with van der Waals surface area (Å²) in [5, 5.41) is 0.0412. The number of halogens is 1. The van der Waals surface area contributed by atoms with E-state index in [-0.39, 0.29) is 5.38 Å². The number of rotatable bonds is 2. The average Bonchev–Trinajstić information content (AvgIpc) is 2.05. The summed E-state index contributed by atoms with van der Waals surface area (Å²) in [5.74, 6) is 0.903. The smallest absolute Gasteiger partial charge is 0.122 e. The Labute approximate surface area is 78.3 Å². The Hall–Kier alpha value is -0.690. The van der Waals surface area contributed by atoms with Crippen molar-refractivity contribution in [3.8, 4) is 5.75 Å². The summed E-state index contributed by atoms with van der Waals surface area (Å²) in [4.78, 5) is 0. The molecule has 0 heterocycles. The van der Waals surface area contributed by atoms with Crippen molar-refractivity contribution < 1.29 is 4.74 Å². The van der Waals surface area contributed by atoms with Crippen LogP contribution < -0.4 is 4.74 Å². The first-order valence-electron chi connectivity index (χ1n) is 3.93. The second-order valence-corrected chi connectivity index (χ2v) is 3.50. The van der Waals surface area contributed by atoms with Crippen LogP contribution in [0.4, 0.5) is 0 Å². The molecule has 1 unspecified atom stereocenters. The fourth-order valence-corrected chi connectivity index (χ4v) is 1.22. The Morgan fingerprint density at radius 3 is 2.58 bits per heavy atom. The summed E-state index contributed by atoms with van der Waals surface area (Å²) in [6, 6.07) is 6.02. The van der Waals surface area contributed by atoms with Gasteiger partial charge in [-0.15, -0.1) is 11.6 Å². The highest BCUT2D eigenvalue weighted by Crippen LogP contribution is 2.25. The van der Waals surface area contributed by atoms with Crippen LogP contribution >= 0.6 is 11.6 Å². The summed E-state index contributed by atoms with van der Waals surface area (Å²) in [6.07, 6.45) is 0. The summed E-state index contributed by atoms with van der Waals surface area (Å²) >= 11 is 5.93. The summed E-state index contributed by atoms with van der Waals surface area (Å²) in [5.41, 5.74) is 2.23. The standard InChI is InChI=1S/C10H13ClO/c1-7-4-5-9(8(2)11)6-10(7)12-3/h4-6,8H,1-3H3. The van der Waals surface area contributed by atoms with Gasteiger partial charge in [0.15, 0.2) is 0 Å². The minimum atomic E-state index is 0.0412. The maximum absolute atomic E-state index is 5.93. The predicted octanol–water partition coefficient (Wildman–Crippen LogP) is 3.30. The molecule has 0 aliphatic rings. The lowest BCUT2D eigenvalue weighted by atomic mass is 10.1. The SMILES string of the molecule is COc1cc(C(C)Cl)ccc1C. The molecule has 0 saturated carbocycles. The van der Waals surface area contributed by atoms with Crippen molar-refractivity contribution >= 4 is 11.6 Å². The molecule has 66 valence electrons. The molecule has 1 aromatic carbocycles.